The van der Waals surface area contributed by atoms with E-state index < -0.39 is 0 Å². The van der Waals surface area contributed by atoms with Crippen LogP contribution in [0.5, 0.6) is 0 Å². The molecule has 1 aliphatic rings. The summed E-state index contributed by atoms with van der Waals surface area (Å²) in [5.74, 6) is -0.150. The Kier molecular flexibility index (Phi) is 2.90. The zero-order valence-corrected chi connectivity index (χ0v) is 9.50. The minimum atomic E-state index is -0.150. The van der Waals surface area contributed by atoms with E-state index in [0.29, 0.717) is 11.8 Å². The molecule has 0 N–H and O–H groups in total. The summed E-state index contributed by atoms with van der Waals surface area (Å²) in [5, 5.41) is 0.530. The van der Waals surface area contributed by atoms with Crippen LogP contribution in [0.25, 0.3) is 0 Å². The number of carbonyl (C=O) groups is 1. The van der Waals surface area contributed by atoms with Gasteiger partial charge in [0.05, 0.1) is 6.61 Å². The van der Waals surface area contributed by atoms with Crippen LogP contribution in [0, 0.1) is 13.8 Å². The van der Waals surface area contributed by atoms with Gasteiger partial charge in [-0.2, -0.15) is 0 Å². The fourth-order valence-electron chi connectivity index (χ4n) is 1.46. The highest BCUT2D eigenvalue weighted by Gasteiger charge is 2.28. The Morgan fingerprint density at radius 2 is 2.07 bits per heavy atom. The maximum Gasteiger partial charge on any atom is 0.319 e. The van der Waals surface area contributed by atoms with Gasteiger partial charge in [0.1, 0.15) is 5.25 Å². The van der Waals surface area contributed by atoms with E-state index in [-0.39, 0.29) is 11.2 Å². The number of aromatic nitrogens is 2. The molecule has 0 radical (unpaired) electrons. The number of hydrogen-bond acceptors (Lipinski definition) is 5. The molecule has 2 heterocycles. The van der Waals surface area contributed by atoms with Gasteiger partial charge in [-0.05, 0) is 19.9 Å². The van der Waals surface area contributed by atoms with Crippen LogP contribution in [0.1, 0.15) is 17.8 Å². The lowest BCUT2D eigenvalue weighted by Crippen LogP contribution is -2.10. The van der Waals surface area contributed by atoms with E-state index in [4.69, 9.17) is 4.74 Å². The average Bonchev–Trinajstić information content (AvgIpc) is 2.50. The Labute approximate surface area is 92.5 Å². The summed E-state index contributed by atoms with van der Waals surface area (Å²) in [5.41, 5.74) is 1.85. The van der Waals surface area contributed by atoms with Crippen LogP contribution in [0.2, 0.25) is 0 Å². The van der Waals surface area contributed by atoms with Gasteiger partial charge in [-0.25, -0.2) is 9.97 Å². The quantitative estimate of drug-likeness (QED) is 0.563. The number of aryl methyl sites for hydroxylation is 2. The Morgan fingerprint density at radius 1 is 1.40 bits per heavy atom. The smallest absolute Gasteiger partial charge is 0.319 e. The van der Waals surface area contributed by atoms with Crippen LogP contribution in [0.15, 0.2) is 11.2 Å². The largest absolute Gasteiger partial charge is 0.465 e. The summed E-state index contributed by atoms with van der Waals surface area (Å²) in [7, 11) is 0. The topological polar surface area (TPSA) is 52.1 Å². The Balaban J connectivity index is 2.13. The zero-order valence-electron chi connectivity index (χ0n) is 8.69. The minimum absolute atomic E-state index is 0.133. The second kappa shape index (κ2) is 4.18. The molecule has 0 aliphatic carbocycles. The van der Waals surface area contributed by atoms with Crippen molar-refractivity contribution in [2.45, 2.75) is 30.7 Å². The highest BCUT2D eigenvalue weighted by atomic mass is 32.2. The van der Waals surface area contributed by atoms with Crippen LogP contribution < -0.4 is 0 Å². The summed E-state index contributed by atoms with van der Waals surface area (Å²) in [6, 6.07) is 1.91. The van der Waals surface area contributed by atoms with E-state index >= 15 is 0 Å². The maximum atomic E-state index is 11.2. The second-order valence-corrected chi connectivity index (χ2v) is 4.67. The van der Waals surface area contributed by atoms with Gasteiger partial charge in [0.2, 0.25) is 0 Å². The molecular formula is C10H12N2O2S. The van der Waals surface area contributed by atoms with Crippen molar-refractivity contribution in [3.63, 3.8) is 0 Å². The summed E-state index contributed by atoms with van der Waals surface area (Å²) in [6.07, 6.45) is 0.750. The molecule has 1 atom stereocenters. The number of hydrogen-bond donors (Lipinski definition) is 0. The third-order valence-corrected chi connectivity index (χ3v) is 3.20. The fourth-order valence-corrected chi connectivity index (χ4v) is 2.48. The minimum Gasteiger partial charge on any atom is -0.465 e. The molecule has 0 amide bonds. The molecule has 1 aliphatic heterocycles. The first kappa shape index (κ1) is 10.4. The number of esters is 1. The van der Waals surface area contributed by atoms with Crippen molar-refractivity contribution < 1.29 is 9.53 Å². The number of cyclic esters (lactones) is 1. The normalized spacial score (nSPS) is 20.4. The van der Waals surface area contributed by atoms with Crippen LogP contribution in [-0.4, -0.2) is 27.8 Å². The van der Waals surface area contributed by atoms with E-state index in [9.17, 15) is 4.79 Å². The molecule has 15 heavy (non-hydrogen) atoms. The van der Waals surface area contributed by atoms with E-state index in [2.05, 4.69) is 9.97 Å². The number of carbonyl (C=O) groups excluding carboxylic acids is 1. The molecule has 0 spiro atoms. The van der Waals surface area contributed by atoms with E-state index in [1.54, 1.807) is 0 Å². The fraction of sp³-hybridized carbons (Fsp3) is 0.500. The second-order valence-electron chi connectivity index (χ2n) is 3.50. The third kappa shape index (κ3) is 2.47. The Morgan fingerprint density at radius 3 is 2.60 bits per heavy atom. The van der Waals surface area contributed by atoms with E-state index in [1.807, 2.05) is 19.9 Å². The molecule has 2 rings (SSSR count). The van der Waals surface area contributed by atoms with Crippen molar-refractivity contribution in [1.29, 1.82) is 0 Å². The predicted octanol–water partition coefficient (Wildman–Crippen LogP) is 1.50. The van der Waals surface area contributed by atoms with Crippen molar-refractivity contribution in [2.75, 3.05) is 6.61 Å². The molecular weight excluding hydrogens is 212 g/mol. The van der Waals surface area contributed by atoms with Crippen molar-refractivity contribution in [2.24, 2.45) is 0 Å². The van der Waals surface area contributed by atoms with Crippen LogP contribution in [0.3, 0.4) is 0 Å². The molecule has 1 aromatic heterocycles. The highest BCUT2D eigenvalue weighted by molar-refractivity contribution is 8.00. The lowest BCUT2D eigenvalue weighted by molar-refractivity contribution is -0.137. The lowest BCUT2D eigenvalue weighted by Gasteiger charge is -2.05. The van der Waals surface area contributed by atoms with Crippen molar-refractivity contribution >= 4 is 17.7 Å². The van der Waals surface area contributed by atoms with Gasteiger partial charge < -0.3 is 4.74 Å². The van der Waals surface area contributed by atoms with Gasteiger partial charge in [0, 0.05) is 17.8 Å². The summed E-state index contributed by atoms with van der Waals surface area (Å²) in [6.45, 7) is 4.36. The molecule has 0 bridgehead atoms. The molecule has 0 saturated carbocycles. The highest BCUT2D eigenvalue weighted by Crippen LogP contribution is 2.27. The number of ether oxygens (including phenoxy) is 1. The van der Waals surface area contributed by atoms with Gasteiger partial charge in [-0.15, -0.1) is 0 Å². The van der Waals surface area contributed by atoms with Gasteiger partial charge >= 0.3 is 5.97 Å². The maximum absolute atomic E-state index is 11.2. The van der Waals surface area contributed by atoms with Crippen LogP contribution in [0.4, 0.5) is 0 Å². The van der Waals surface area contributed by atoms with Gasteiger partial charge in [-0.1, -0.05) is 11.8 Å². The molecule has 1 fully saturated rings. The third-order valence-electron chi connectivity index (χ3n) is 2.10. The molecule has 5 heteroatoms. The van der Waals surface area contributed by atoms with E-state index in [0.717, 1.165) is 17.8 Å². The predicted molar refractivity (Wildman–Crippen MR) is 56.7 cm³/mol. The van der Waals surface area contributed by atoms with Crippen molar-refractivity contribution in [1.82, 2.24) is 9.97 Å². The Hall–Kier alpha value is -1.10. The van der Waals surface area contributed by atoms with E-state index in [1.165, 1.54) is 11.8 Å². The zero-order chi connectivity index (χ0) is 10.8. The van der Waals surface area contributed by atoms with Gasteiger partial charge in [0.15, 0.2) is 5.16 Å². The van der Waals surface area contributed by atoms with Gasteiger partial charge in [0.25, 0.3) is 0 Å². The molecule has 0 unspecified atom stereocenters. The summed E-state index contributed by atoms with van der Waals surface area (Å²) >= 11 is 1.39. The van der Waals surface area contributed by atoms with Crippen molar-refractivity contribution in [3.05, 3.63) is 17.5 Å². The Bertz CT molecular complexity index is 375. The monoisotopic (exact) mass is 224 g/mol. The van der Waals surface area contributed by atoms with Crippen LogP contribution in [-0.2, 0) is 9.53 Å². The molecule has 0 aromatic carbocycles. The lowest BCUT2D eigenvalue weighted by atomic mass is 10.4. The number of nitrogens with zero attached hydrogens (tertiary/aromatic N) is 2. The first-order chi connectivity index (χ1) is 7.15. The first-order valence-electron chi connectivity index (χ1n) is 4.81. The molecule has 4 nitrogen and oxygen atoms in total. The summed E-state index contributed by atoms with van der Waals surface area (Å²) < 4.78 is 4.88. The summed E-state index contributed by atoms with van der Waals surface area (Å²) in [4.78, 5) is 19.8. The SMILES string of the molecule is Cc1cc(C)nc(S[C@H]2CCOC2=O)n1. The molecule has 1 aromatic rings. The van der Waals surface area contributed by atoms with Crippen LogP contribution >= 0.6 is 11.8 Å². The standard InChI is InChI=1S/C10H12N2O2S/c1-6-5-7(2)12-10(11-6)15-8-3-4-14-9(8)13/h5,8H,3-4H2,1-2H3/t8-/m0/s1. The van der Waals surface area contributed by atoms with Gasteiger partial charge in [-0.3, -0.25) is 4.79 Å². The number of rotatable bonds is 2. The molecule has 80 valence electrons. The first-order valence-corrected chi connectivity index (χ1v) is 5.69. The molecule has 1 saturated heterocycles. The number of thioether (sulfide) groups is 1. The van der Waals surface area contributed by atoms with Crippen molar-refractivity contribution in [3.8, 4) is 0 Å². The average molecular weight is 224 g/mol.